The molecule has 1 rings (SSSR count). The molecule has 0 radical (unpaired) electrons. The first-order valence-corrected chi connectivity index (χ1v) is 7.97. The van der Waals surface area contributed by atoms with E-state index >= 15 is 0 Å². The van der Waals surface area contributed by atoms with Crippen LogP contribution < -0.4 is 5.73 Å². The molecule has 108 valence electrons. The largest absolute Gasteiger partial charge is 0.387 e. The molecule has 0 saturated carbocycles. The Bertz CT molecular complexity index is 470. The Morgan fingerprint density at radius 1 is 1.32 bits per heavy atom. The molecule has 19 heavy (non-hydrogen) atoms. The Balaban J connectivity index is 2.59. The second kappa shape index (κ2) is 7.59. The molecule has 1 unspecified atom stereocenters. The number of aliphatic hydroxyl groups is 1. The van der Waals surface area contributed by atoms with Crippen molar-refractivity contribution in [2.24, 2.45) is 5.73 Å². The predicted molar refractivity (Wildman–Crippen MR) is 74.4 cm³/mol. The molecule has 0 spiro atoms. The first kappa shape index (κ1) is 16.1. The van der Waals surface area contributed by atoms with Crippen molar-refractivity contribution in [3.8, 4) is 0 Å². The van der Waals surface area contributed by atoms with Crippen molar-refractivity contribution >= 4 is 9.84 Å². The molecule has 0 aliphatic carbocycles. The van der Waals surface area contributed by atoms with Gasteiger partial charge in [0.15, 0.2) is 9.84 Å². The van der Waals surface area contributed by atoms with Crippen LogP contribution in [0, 0.1) is 0 Å². The summed E-state index contributed by atoms with van der Waals surface area (Å²) in [5.41, 5.74) is 7.01. The van der Waals surface area contributed by atoms with Crippen LogP contribution in [0.25, 0.3) is 0 Å². The first-order valence-electron chi connectivity index (χ1n) is 6.15. The Morgan fingerprint density at radius 2 is 1.95 bits per heavy atom. The molecule has 0 heterocycles. The lowest BCUT2D eigenvalue weighted by Gasteiger charge is -2.12. The van der Waals surface area contributed by atoms with Crippen LogP contribution in [0.3, 0.4) is 0 Å². The molecule has 0 aromatic heterocycles. The van der Waals surface area contributed by atoms with Crippen molar-refractivity contribution < 1.29 is 18.3 Å². The summed E-state index contributed by atoms with van der Waals surface area (Å²) in [5.74, 6) is -0.239. The maximum Gasteiger partial charge on any atom is 0.153 e. The van der Waals surface area contributed by atoms with Crippen molar-refractivity contribution in [2.75, 3.05) is 25.2 Å². The summed E-state index contributed by atoms with van der Waals surface area (Å²) in [6.45, 7) is 0.826. The number of methoxy groups -OCH3 is 1. The van der Waals surface area contributed by atoms with E-state index in [1.165, 1.54) is 7.11 Å². The summed E-state index contributed by atoms with van der Waals surface area (Å²) < 4.78 is 28.4. The average Bonchev–Trinajstić information content (AvgIpc) is 2.38. The smallest absolute Gasteiger partial charge is 0.153 e. The van der Waals surface area contributed by atoms with Gasteiger partial charge in [0.1, 0.15) is 0 Å². The Labute approximate surface area is 114 Å². The number of hydrogen-bond donors (Lipinski definition) is 2. The molecule has 1 aromatic carbocycles. The standard InChI is InChI=1S/C13H21NO4S/c1-18-7-2-8-19(16,17)10-13(15)12-5-3-11(9-14)4-6-12/h3-6,13,15H,2,7-10,14H2,1H3. The number of ether oxygens (including phenoxy) is 1. The van der Waals surface area contributed by atoms with Gasteiger partial charge in [-0.1, -0.05) is 24.3 Å². The van der Waals surface area contributed by atoms with Gasteiger partial charge in [-0.15, -0.1) is 0 Å². The fourth-order valence-corrected chi connectivity index (χ4v) is 3.12. The van der Waals surface area contributed by atoms with Crippen LogP contribution in [0.2, 0.25) is 0 Å². The number of rotatable bonds is 8. The first-order chi connectivity index (χ1) is 8.98. The molecule has 0 saturated heterocycles. The number of aliphatic hydroxyl groups excluding tert-OH is 1. The number of nitrogens with two attached hydrogens (primary N) is 1. The second-order valence-corrected chi connectivity index (χ2v) is 6.65. The molecular weight excluding hydrogens is 266 g/mol. The van der Waals surface area contributed by atoms with Crippen LogP contribution in [0.15, 0.2) is 24.3 Å². The highest BCUT2D eigenvalue weighted by Gasteiger charge is 2.18. The van der Waals surface area contributed by atoms with Crippen LogP contribution in [0.1, 0.15) is 23.7 Å². The van der Waals surface area contributed by atoms with E-state index in [1.54, 1.807) is 24.3 Å². The molecule has 5 nitrogen and oxygen atoms in total. The molecule has 6 heteroatoms. The topological polar surface area (TPSA) is 89.6 Å². The van der Waals surface area contributed by atoms with E-state index in [2.05, 4.69) is 0 Å². The maximum absolute atomic E-state index is 11.8. The molecule has 0 aliphatic rings. The summed E-state index contributed by atoms with van der Waals surface area (Å²) in [5, 5.41) is 9.93. The van der Waals surface area contributed by atoms with Crippen LogP contribution >= 0.6 is 0 Å². The minimum absolute atomic E-state index is 0.0266. The van der Waals surface area contributed by atoms with Gasteiger partial charge in [0.05, 0.1) is 17.6 Å². The summed E-state index contributed by atoms with van der Waals surface area (Å²) in [6, 6.07) is 6.99. The minimum Gasteiger partial charge on any atom is -0.387 e. The molecule has 0 amide bonds. The Morgan fingerprint density at radius 3 is 2.47 bits per heavy atom. The fourth-order valence-electron chi connectivity index (χ4n) is 1.72. The third kappa shape index (κ3) is 5.69. The number of hydrogen-bond acceptors (Lipinski definition) is 5. The second-order valence-electron chi connectivity index (χ2n) is 4.42. The van der Waals surface area contributed by atoms with Crippen molar-refractivity contribution in [3.05, 3.63) is 35.4 Å². The van der Waals surface area contributed by atoms with E-state index in [0.29, 0.717) is 25.1 Å². The van der Waals surface area contributed by atoms with Gasteiger partial charge < -0.3 is 15.6 Å². The summed E-state index contributed by atoms with van der Waals surface area (Å²) in [7, 11) is -1.74. The zero-order valence-electron chi connectivity index (χ0n) is 11.1. The Kier molecular flexibility index (Phi) is 6.44. The van der Waals surface area contributed by atoms with Gasteiger partial charge in [-0.3, -0.25) is 0 Å². The minimum atomic E-state index is -3.27. The lowest BCUT2D eigenvalue weighted by molar-refractivity contribution is 0.197. The lowest BCUT2D eigenvalue weighted by Crippen LogP contribution is -2.18. The summed E-state index contributed by atoms with van der Waals surface area (Å²) in [6.07, 6.45) is -0.558. The molecule has 1 atom stereocenters. The van der Waals surface area contributed by atoms with Crippen molar-refractivity contribution in [1.29, 1.82) is 0 Å². The van der Waals surface area contributed by atoms with Crippen molar-refractivity contribution in [2.45, 2.75) is 19.1 Å². The van der Waals surface area contributed by atoms with E-state index in [1.807, 2.05) is 0 Å². The molecule has 0 aliphatic heterocycles. The average molecular weight is 287 g/mol. The third-order valence-corrected chi connectivity index (χ3v) is 4.55. The SMILES string of the molecule is COCCCS(=O)(=O)CC(O)c1ccc(CN)cc1. The Hall–Kier alpha value is -0.950. The number of benzene rings is 1. The maximum atomic E-state index is 11.8. The highest BCUT2D eigenvalue weighted by Crippen LogP contribution is 2.16. The van der Waals surface area contributed by atoms with Crippen LogP contribution in [0.4, 0.5) is 0 Å². The van der Waals surface area contributed by atoms with Gasteiger partial charge >= 0.3 is 0 Å². The van der Waals surface area contributed by atoms with Crippen LogP contribution in [-0.4, -0.2) is 38.7 Å². The van der Waals surface area contributed by atoms with Gasteiger partial charge in [0, 0.05) is 20.3 Å². The highest BCUT2D eigenvalue weighted by atomic mass is 32.2. The van der Waals surface area contributed by atoms with E-state index in [-0.39, 0.29) is 11.5 Å². The van der Waals surface area contributed by atoms with Gasteiger partial charge in [-0.2, -0.15) is 0 Å². The van der Waals surface area contributed by atoms with Gasteiger partial charge in [-0.25, -0.2) is 8.42 Å². The van der Waals surface area contributed by atoms with Gasteiger partial charge in [-0.05, 0) is 17.5 Å². The molecular formula is C13H21NO4S. The predicted octanol–water partition coefficient (Wildman–Crippen LogP) is 0.630. The zero-order valence-corrected chi connectivity index (χ0v) is 11.9. The van der Waals surface area contributed by atoms with Crippen LogP contribution in [0.5, 0.6) is 0 Å². The van der Waals surface area contributed by atoms with E-state index in [4.69, 9.17) is 10.5 Å². The van der Waals surface area contributed by atoms with E-state index < -0.39 is 15.9 Å². The van der Waals surface area contributed by atoms with Gasteiger partial charge in [0.2, 0.25) is 0 Å². The highest BCUT2D eigenvalue weighted by molar-refractivity contribution is 7.91. The molecule has 0 bridgehead atoms. The van der Waals surface area contributed by atoms with E-state index in [0.717, 1.165) is 5.56 Å². The molecule has 1 aromatic rings. The summed E-state index contributed by atoms with van der Waals surface area (Å²) >= 11 is 0. The zero-order chi connectivity index (χ0) is 14.3. The van der Waals surface area contributed by atoms with Crippen LogP contribution in [-0.2, 0) is 21.1 Å². The third-order valence-electron chi connectivity index (χ3n) is 2.82. The van der Waals surface area contributed by atoms with Gasteiger partial charge in [0.25, 0.3) is 0 Å². The normalized spacial score (nSPS) is 13.4. The molecule has 0 fully saturated rings. The van der Waals surface area contributed by atoms with Crippen molar-refractivity contribution in [3.63, 3.8) is 0 Å². The molecule has 3 N–H and O–H groups in total. The van der Waals surface area contributed by atoms with Crippen molar-refractivity contribution in [1.82, 2.24) is 0 Å². The number of sulfone groups is 1. The lowest BCUT2D eigenvalue weighted by atomic mass is 10.1. The quantitative estimate of drug-likeness (QED) is 0.685. The monoisotopic (exact) mass is 287 g/mol. The fraction of sp³-hybridized carbons (Fsp3) is 0.538. The van der Waals surface area contributed by atoms with E-state index in [9.17, 15) is 13.5 Å². The summed E-state index contributed by atoms with van der Waals surface area (Å²) in [4.78, 5) is 0.